The Bertz CT molecular complexity index is 1930. The summed E-state index contributed by atoms with van der Waals surface area (Å²) in [5.41, 5.74) is 3.93. The molecular formula is C31H26BrN5O3S. The van der Waals surface area contributed by atoms with Gasteiger partial charge in [-0.2, -0.15) is 14.6 Å². The number of para-hydroxylation sites is 1. The Morgan fingerprint density at radius 2 is 1.78 bits per heavy atom. The molecule has 3 heterocycles. The van der Waals surface area contributed by atoms with Gasteiger partial charge in [0.1, 0.15) is 17.2 Å². The molecule has 6 aromatic rings. The minimum Gasteiger partial charge on any atom is -0.496 e. The number of thiazole rings is 1. The first-order valence-corrected chi connectivity index (χ1v) is 14.8. The molecule has 0 saturated heterocycles. The average molecular weight is 629 g/mol. The zero-order valence-electron chi connectivity index (χ0n) is 22.5. The standard InChI is InChI=1S/C31H26BrN5O3S/c1-3-4-16-40-24-13-10-20(11-14-24)29-33-31-37(35-29)30(38)27(41-31)18-22-19-36(23-8-6-5-7-9-23)34-28(22)21-12-15-26(39-2)25(32)17-21/h5-15,17-19H,3-4,16H2,1-2H3/b27-18-. The third-order valence-electron chi connectivity index (χ3n) is 6.54. The van der Waals surface area contributed by atoms with Crippen LogP contribution in [-0.2, 0) is 0 Å². The number of fused-ring (bicyclic) bond motifs is 1. The predicted molar refractivity (Wildman–Crippen MR) is 165 cm³/mol. The predicted octanol–water partition coefficient (Wildman–Crippen LogP) is 6.17. The fraction of sp³-hybridized carbons (Fsp3) is 0.161. The van der Waals surface area contributed by atoms with E-state index in [9.17, 15) is 4.79 Å². The Balaban J connectivity index is 1.38. The van der Waals surface area contributed by atoms with Gasteiger partial charge in [-0.05, 0) is 83.0 Å². The van der Waals surface area contributed by atoms with Crippen LogP contribution in [0.4, 0.5) is 0 Å². The number of hydrogen-bond acceptors (Lipinski definition) is 7. The zero-order chi connectivity index (χ0) is 28.3. The summed E-state index contributed by atoms with van der Waals surface area (Å²) in [6.45, 7) is 2.82. The van der Waals surface area contributed by atoms with E-state index >= 15 is 0 Å². The minimum absolute atomic E-state index is 0.224. The summed E-state index contributed by atoms with van der Waals surface area (Å²) < 4.78 is 15.7. The van der Waals surface area contributed by atoms with Crippen molar-refractivity contribution in [2.75, 3.05) is 13.7 Å². The lowest BCUT2D eigenvalue weighted by Crippen LogP contribution is -2.23. The van der Waals surface area contributed by atoms with Crippen LogP contribution in [0.1, 0.15) is 25.3 Å². The molecule has 0 unspecified atom stereocenters. The molecule has 0 bridgehead atoms. The van der Waals surface area contributed by atoms with E-state index < -0.39 is 0 Å². The SMILES string of the molecule is CCCCOc1ccc(-c2nc3s/c(=C\c4cn(-c5ccccc5)nc4-c4ccc(OC)c(Br)c4)c(=O)n3n2)cc1. The van der Waals surface area contributed by atoms with Crippen molar-refractivity contribution in [1.29, 1.82) is 0 Å². The Labute approximate surface area is 248 Å². The van der Waals surface area contributed by atoms with Crippen molar-refractivity contribution in [2.45, 2.75) is 19.8 Å². The van der Waals surface area contributed by atoms with Crippen molar-refractivity contribution in [3.05, 3.63) is 104 Å². The summed E-state index contributed by atoms with van der Waals surface area (Å²) in [5.74, 6) is 2.03. The second kappa shape index (κ2) is 11.7. The minimum atomic E-state index is -0.224. The molecule has 0 fully saturated rings. The normalized spacial score (nSPS) is 11.8. The molecule has 0 amide bonds. The summed E-state index contributed by atoms with van der Waals surface area (Å²) in [6.07, 6.45) is 5.87. The van der Waals surface area contributed by atoms with Crippen molar-refractivity contribution in [2.24, 2.45) is 0 Å². The van der Waals surface area contributed by atoms with Crippen LogP contribution in [0.15, 0.2) is 88.3 Å². The van der Waals surface area contributed by atoms with Crippen LogP contribution in [0.5, 0.6) is 11.5 Å². The summed E-state index contributed by atoms with van der Waals surface area (Å²) in [4.78, 5) is 18.6. The lowest BCUT2D eigenvalue weighted by Gasteiger charge is -2.05. The lowest BCUT2D eigenvalue weighted by atomic mass is 10.1. The van der Waals surface area contributed by atoms with Gasteiger partial charge >= 0.3 is 0 Å². The third kappa shape index (κ3) is 5.53. The van der Waals surface area contributed by atoms with Crippen LogP contribution in [-0.4, -0.2) is 38.1 Å². The van der Waals surface area contributed by atoms with E-state index in [2.05, 4.69) is 32.9 Å². The first kappa shape index (κ1) is 26.9. The van der Waals surface area contributed by atoms with E-state index in [4.69, 9.17) is 14.6 Å². The molecular weight excluding hydrogens is 602 g/mol. The second-order valence-corrected chi connectivity index (χ2v) is 11.2. The molecule has 3 aromatic heterocycles. The summed E-state index contributed by atoms with van der Waals surface area (Å²) >= 11 is 4.88. The molecule has 10 heteroatoms. The van der Waals surface area contributed by atoms with Crippen LogP contribution in [0.2, 0.25) is 0 Å². The first-order chi connectivity index (χ1) is 20.0. The molecule has 0 aliphatic rings. The van der Waals surface area contributed by atoms with E-state index in [0.717, 1.165) is 56.9 Å². The molecule has 3 aromatic carbocycles. The monoisotopic (exact) mass is 627 g/mol. The first-order valence-electron chi connectivity index (χ1n) is 13.2. The number of benzene rings is 3. The van der Waals surface area contributed by atoms with E-state index in [1.807, 2.05) is 89.8 Å². The van der Waals surface area contributed by atoms with Crippen LogP contribution >= 0.6 is 27.3 Å². The van der Waals surface area contributed by atoms with Gasteiger partial charge in [0.2, 0.25) is 4.96 Å². The van der Waals surface area contributed by atoms with Gasteiger partial charge < -0.3 is 9.47 Å². The highest BCUT2D eigenvalue weighted by Gasteiger charge is 2.16. The molecule has 206 valence electrons. The van der Waals surface area contributed by atoms with Crippen LogP contribution in [0, 0.1) is 0 Å². The van der Waals surface area contributed by atoms with Crippen LogP contribution in [0.25, 0.3) is 39.4 Å². The van der Waals surface area contributed by atoms with Crippen LogP contribution < -0.4 is 19.6 Å². The number of halogens is 1. The van der Waals surface area contributed by atoms with Crippen molar-refractivity contribution < 1.29 is 9.47 Å². The molecule has 0 N–H and O–H groups in total. The Hall–Kier alpha value is -4.28. The Kier molecular flexibility index (Phi) is 7.67. The van der Waals surface area contributed by atoms with Gasteiger partial charge in [-0.15, -0.1) is 5.10 Å². The van der Waals surface area contributed by atoms with E-state index in [0.29, 0.717) is 21.9 Å². The maximum Gasteiger partial charge on any atom is 0.291 e. The van der Waals surface area contributed by atoms with Crippen LogP contribution in [0.3, 0.4) is 0 Å². The molecule has 8 nitrogen and oxygen atoms in total. The number of methoxy groups -OCH3 is 1. The number of rotatable bonds is 9. The summed E-state index contributed by atoms with van der Waals surface area (Å²) in [5, 5.41) is 9.39. The zero-order valence-corrected chi connectivity index (χ0v) is 24.9. The van der Waals surface area contributed by atoms with Gasteiger partial charge in [0, 0.05) is 22.9 Å². The molecule has 41 heavy (non-hydrogen) atoms. The van der Waals surface area contributed by atoms with Crippen molar-refractivity contribution >= 4 is 38.3 Å². The van der Waals surface area contributed by atoms with Gasteiger partial charge in [-0.1, -0.05) is 42.9 Å². The van der Waals surface area contributed by atoms with Gasteiger partial charge in [-0.25, -0.2) is 4.68 Å². The maximum absolute atomic E-state index is 13.4. The summed E-state index contributed by atoms with van der Waals surface area (Å²) in [7, 11) is 1.63. The van der Waals surface area contributed by atoms with Gasteiger partial charge in [0.25, 0.3) is 5.56 Å². The average Bonchev–Trinajstić information content (AvgIpc) is 3.69. The smallest absolute Gasteiger partial charge is 0.291 e. The largest absolute Gasteiger partial charge is 0.496 e. The molecule has 6 rings (SSSR count). The summed E-state index contributed by atoms with van der Waals surface area (Å²) in [6, 6.07) is 23.3. The Morgan fingerprint density at radius 3 is 2.49 bits per heavy atom. The number of ether oxygens (including phenoxy) is 2. The number of nitrogens with zero attached hydrogens (tertiary/aromatic N) is 5. The molecule has 0 saturated carbocycles. The van der Waals surface area contributed by atoms with Crippen molar-refractivity contribution in [1.82, 2.24) is 24.4 Å². The molecule has 0 spiro atoms. The maximum atomic E-state index is 13.4. The lowest BCUT2D eigenvalue weighted by molar-refractivity contribution is 0.309. The van der Waals surface area contributed by atoms with Crippen molar-refractivity contribution in [3.8, 4) is 39.8 Å². The second-order valence-electron chi connectivity index (χ2n) is 9.33. The van der Waals surface area contributed by atoms with E-state index in [1.165, 1.54) is 15.9 Å². The highest BCUT2D eigenvalue weighted by atomic mass is 79.9. The fourth-order valence-corrected chi connectivity index (χ4v) is 5.82. The highest BCUT2D eigenvalue weighted by molar-refractivity contribution is 9.10. The fourth-order valence-electron chi connectivity index (χ4n) is 4.38. The van der Waals surface area contributed by atoms with Gasteiger partial charge in [0.05, 0.1) is 28.4 Å². The van der Waals surface area contributed by atoms with Gasteiger partial charge in [-0.3, -0.25) is 4.79 Å². The molecule has 0 aliphatic carbocycles. The molecule has 0 aliphatic heterocycles. The van der Waals surface area contributed by atoms with E-state index in [1.54, 1.807) is 7.11 Å². The highest BCUT2D eigenvalue weighted by Crippen LogP contribution is 2.32. The molecule has 0 radical (unpaired) electrons. The van der Waals surface area contributed by atoms with Gasteiger partial charge in [0.15, 0.2) is 5.82 Å². The van der Waals surface area contributed by atoms with E-state index in [-0.39, 0.29) is 5.56 Å². The van der Waals surface area contributed by atoms with Crippen molar-refractivity contribution in [3.63, 3.8) is 0 Å². The number of unbranched alkanes of at least 4 members (excludes halogenated alkanes) is 1. The Morgan fingerprint density at radius 1 is 1.00 bits per heavy atom. The topological polar surface area (TPSA) is 83.5 Å². The molecule has 0 atom stereocenters. The third-order valence-corrected chi connectivity index (χ3v) is 8.11. The quantitative estimate of drug-likeness (QED) is 0.178. The number of aromatic nitrogens is 5. The number of hydrogen-bond donors (Lipinski definition) is 0.